The number of fused-ring (bicyclic) bond motifs is 1. The van der Waals surface area contributed by atoms with Crippen LogP contribution in [-0.2, 0) is 5.75 Å². The first-order chi connectivity index (χ1) is 15.0. The summed E-state index contributed by atoms with van der Waals surface area (Å²) in [6.45, 7) is 0. The molecule has 4 rings (SSSR count). The molecule has 0 fully saturated rings. The van der Waals surface area contributed by atoms with Crippen LogP contribution in [0.5, 0.6) is 0 Å². The number of nitrogens with zero attached hydrogens (tertiary/aromatic N) is 6. The molecule has 1 aliphatic rings. The summed E-state index contributed by atoms with van der Waals surface area (Å²) in [6.07, 6.45) is 0.504. The van der Waals surface area contributed by atoms with Crippen molar-refractivity contribution in [2.75, 3.05) is 12.1 Å². The monoisotopic (exact) mass is 456 g/mol. The highest BCUT2D eigenvalue weighted by molar-refractivity contribution is 8.38. The Balaban J connectivity index is 1.58. The molecule has 2 aromatic heterocycles. The highest BCUT2D eigenvalue weighted by atomic mass is 32.2. The van der Waals surface area contributed by atoms with Gasteiger partial charge in [0.25, 0.3) is 12.0 Å². The lowest BCUT2D eigenvalue weighted by Crippen LogP contribution is -2.28. The van der Waals surface area contributed by atoms with E-state index < -0.39 is 6.43 Å². The van der Waals surface area contributed by atoms with Crippen molar-refractivity contribution in [3.8, 4) is 11.9 Å². The van der Waals surface area contributed by atoms with Crippen molar-refractivity contribution in [3.63, 3.8) is 0 Å². The number of anilines is 1. The summed E-state index contributed by atoms with van der Waals surface area (Å²) in [6, 6.07) is 11.2. The quantitative estimate of drug-likeness (QED) is 0.582. The maximum Gasteiger partial charge on any atom is 0.289 e. The van der Waals surface area contributed by atoms with E-state index in [2.05, 4.69) is 15.2 Å². The molecule has 156 valence electrons. The fourth-order valence-corrected chi connectivity index (χ4v) is 5.01. The minimum atomic E-state index is -2.63. The Morgan fingerprint density at radius 3 is 2.84 bits per heavy atom. The van der Waals surface area contributed by atoms with Crippen molar-refractivity contribution in [2.24, 2.45) is 5.10 Å². The second-order valence-corrected chi connectivity index (χ2v) is 8.59. The van der Waals surface area contributed by atoms with Gasteiger partial charge in [-0.15, -0.1) is 0 Å². The molecule has 7 nitrogen and oxygen atoms in total. The van der Waals surface area contributed by atoms with Gasteiger partial charge >= 0.3 is 0 Å². The van der Waals surface area contributed by atoms with Gasteiger partial charge in [-0.2, -0.15) is 20.1 Å². The zero-order valence-electron chi connectivity index (χ0n) is 16.1. The Kier molecular flexibility index (Phi) is 6.01. The van der Waals surface area contributed by atoms with E-state index in [1.807, 2.05) is 6.07 Å². The van der Waals surface area contributed by atoms with Gasteiger partial charge in [0.15, 0.2) is 10.2 Å². The average molecular weight is 457 g/mol. The lowest BCUT2D eigenvalue weighted by atomic mass is 10.1. The van der Waals surface area contributed by atoms with Gasteiger partial charge in [-0.05, 0) is 23.8 Å². The summed E-state index contributed by atoms with van der Waals surface area (Å²) in [4.78, 5) is 17.6. The van der Waals surface area contributed by atoms with Crippen LogP contribution >= 0.6 is 23.5 Å². The van der Waals surface area contributed by atoms with Crippen molar-refractivity contribution >= 4 is 33.6 Å². The van der Waals surface area contributed by atoms with Crippen molar-refractivity contribution in [3.05, 3.63) is 75.8 Å². The number of hydrogen-bond acceptors (Lipinski definition) is 8. The standard InChI is InChI=1S/C20H14F2N6OS2/c1-27-15-10-25-28(16-4-2-3-7-24-16)19(29)17(15)31-20(26-27)30-11-13-6-5-12(18(21)22)8-14(13)9-23/h2-8,10,18H,11H2,1H3. The molecule has 0 aliphatic carbocycles. The molecule has 3 heterocycles. The van der Waals surface area contributed by atoms with E-state index in [1.54, 1.807) is 42.6 Å². The van der Waals surface area contributed by atoms with Crippen molar-refractivity contribution in [2.45, 2.75) is 17.1 Å². The molecule has 0 saturated heterocycles. The zero-order valence-corrected chi connectivity index (χ0v) is 17.7. The molecule has 0 amide bonds. The van der Waals surface area contributed by atoms with Gasteiger partial charge in [-0.3, -0.25) is 9.80 Å². The molecule has 3 aromatic rings. The highest BCUT2D eigenvalue weighted by Crippen LogP contribution is 2.37. The van der Waals surface area contributed by atoms with Gasteiger partial charge in [-0.1, -0.05) is 41.7 Å². The van der Waals surface area contributed by atoms with Crippen molar-refractivity contribution in [1.82, 2.24) is 14.8 Å². The molecule has 0 saturated carbocycles. The van der Waals surface area contributed by atoms with Crippen LogP contribution < -0.4 is 10.6 Å². The molecule has 0 radical (unpaired) electrons. The smallest absolute Gasteiger partial charge is 0.266 e. The van der Waals surface area contributed by atoms with Crippen LogP contribution in [0, 0.1) is 11.3 Å². The molecular formula is C20H14F2N6OS2. The first-order valence-corrected chi connectivity index (χ1v) is 10.8. The molecule has 1 aliphatic heterocycles. The summed E-state index contributed by atoms with van der Waals surface area (Å²) in [5.41, 5.74) is 0.882. The van der Waals surface area contributed by atoms with Gasteiger partial charge < -0.3 is 0 Å². The van der Waals surface area contributed by atoms with Crippen LogP contribution in [0.1, 0.15) is 23.1 Å². The summed E-state index contributed by atoms with van der Waals surface area (Å²) >= 11 is 2.52. The molecule has 0 N–H and O–H groups in total. The SMILES string of the molecule is CN1N=C(SCc2ccc(C(F)F)cc2C#N)Sc2c1cnn(-c1ccccn1)c2=O. The zero-order chi connectivity index (χ0) is 22.0. The predicted octanol–water partition coefficient (Wildman–Crippen LogP) is 4.18. The number of halogens is 2. The number of nitriles is 1. The fourth-order valence-electron chi connectivity index (χ4n) is 2.84. The average Bonchev–Trinajstić information content (AvgIpc) is 2.78. The van der Waals surface area contributed by atoms with E-state index >= 15 is 0 Å². The van der Waals surface area contributed by atoms with E-state index in [0.717, 1.165) is 0 Å². The van der Waals surface area contributed by atoms with E-state index in [-0.39, 0.29) is 16.7 Å². The normalized spacial score (nSPS) is 13.0. The number of pyridine rings is 1. The number of benzene rings is 1. The minimum absolute atomic E-state index is 0.189. The van der Waals surface area contributed by atoms with Crippen LogP contribution in [0.2, 0.25) is 0 Å². The lowest BCUT2D eigenvalue weighted by Gasteiger charge is -2.23. The summed E-state index contributed by atoms with van der Waals surface area (Å²) < 4.78 is 27.6. The highest BCUT2D eigenvalue weighted by Gasteiger charge is 2.24. The van der Waals surface area contributed by atoms with Crippen LogP contribution in [0.4, 0.5) is 14.5 Å². The number of hydrogen-bond donors (Lipinski definition) is 0. The Bertz CT molecular complexity index is 1260. The molecule has 0 bridgehead atoms. The number of hydrazone groups is 1. The van der Waals surface area contributed by atoms with Gasteiger partial charge in [0.2, 0.25) is 0 Å². The molecule has 0 unspecified atom stereocenters. The first-order valence-electron chi connectivity index (χ1n) is 8.95. The Labute approximate surface area is 184 Å². The van der Waals surface area contributed by atoms with E-state index in [0.29, 0.717) is 32.1 Å². The third-order valence-electron chi connectivity index (χ3n) is 4.41. The Morgan fingerprint density at radius 2 is 2.13 bits per heavy atom. The maximum absolute atomic E-state index is 13.0. The fraction of sp³-hybridized carbons (Fsp3) is 0.150. The van der Waals surface area contributed by atoms with Gasteiger partial charge in [0, 0.05) is 24.6 Å². The second kappa shape index (κ2) is 8.87. The van der Waals surface area contributed by atoms with E-state index in [1.165, 1.54) is 46.4 Å². The van der Waals surface area contributed by atoms with Crippen molar-refractivity contribution < 1.29 is 8.78 Å². The van der Waals surface area contributed by atoms with Crippen molar-refractivity contribution in [1.29, 1.82) is 5.26 Å². The van der Waals surface area contributed by atoms with E-state index in [4.69, 9.17) is 0 Å². The third kappa shape index (κ3) is 4.30. The molecule has 31 heavy (non-hydrogen) atoms. The van der Waals surface area contributed by atoms with Crippen LogP contribution in [-0.4, -0.2) is 26.2 Å². The van der Waals surface area contributed by atoms with Gasteiger partial charge in [-0.25, -0.2) is 13.8 Å². The van der Waals surface area contributed by atoms with Gasteiger partial charge in [0.05, 0.1) is 23.5 Å². The van der Waals surface area contributed by atoms with Crippen LogP contribution in [0.25, 0.3) is 5.82 Å². The minimum Gasteiger partial charge on any atom is -0.266 e. The third-order valence-corrected chi connectivity index (χ3v) is 6.64. The maximum atomic E-state index is 13.0. The molecule has 0 atom stereocenters. The summed E-state index contributed by atoms with van der Waals surface area (Å²) in [5, 5.41) is 19.5. The largest absolute Gasteiger partial charge is 0.289 e. The molecule has 11 heteroatoms. The Morgan fingerprint density at radius 1 is 1.29 bits per heavy atom. The molecule has 0 spiro atoms. The Hall–Kier alpha value is -3.23. The molecular weight excluding hydrogens is 442 g/mol. The first kappa shape index (κ1) is 21.0. The van der Waals surface area contributed by atoms with E-state index in [9.17, 15) is 18.8 Å². The molecule has 1 aromatic carbocycles. The number of aromatic nitrogens is 3. The predicted molar refractivity (Wildman–Crippen MR) is 117 cm³/mol. The van der Waals surface area contributed by atoms with Gasteiger partial charge in [0.1, 0.15) is 4.90 Å². The second-order valence-electron chi connectivity index (χ2n) is 6.37. The topological polar surface area (TPSA) is 87.2 Å². The summed E-state index contributed by atoms with van der Waals surface area (Å²) in [7, 11) is 1.71. The van der Waals surface area contributed by atoms with Crippen LogP contribution in [0.15, 0.2) is 63.6 Å². The van der Waals surface area contributed by atoms with Crippen LogP contribution in [0.3, 0.4) is 0 Å². The number of alkyl halides is 2. The number of thioether (sulfide) groups is 2. The number of rotatable bonds is 4. The summed E-state index contributed by atoms with van der Waals surface area (Å²) in [5.74, 6) is 0.758. The lowest BCUT2D eigenvalue weighted by molar-refractivity contribution is 0.151.